The molecule has 0 saturated carbocycles. The lowest BCUT2D eigenvalue weighted by atomic mass is 9.94. The first-order chi connectivity index (χ1) is 12.2. The van der Waals surface area contributed by atoms with Crippen molar-refractivity contribution in [2.24, 2.45) is 0 Å². The Morgan fingerprint density at radius 1 is 0.920 bits per heavy atom. The van der Waals surface area contributed by atoms with Gasteiger partial charge >= 0.3 is 0 Å². The standard InChI is InChI=1S/C20H15N3O2/c24-19-17-9-5-4-8-16(17)18(20(25)22-19)10-15-11-21-23(13-15)12-14-6-2-1-3-7-14/h1-11,13H,12H2,(H,22,24,25)/b18-10-. The summed E-state index contributed by atoms with van der Waals surface area (Å²) in [6.07, 6.45) is 5.35. The lowest BCUT2D eigenvalue weighted by Gasteiger charge is -2.17. The predicted molar refractivity (Wildman–Crippen MR) is 94.6 cm³/mol. The van der Waals surface area contributed by atoms with Crippen molar-refractivity contribution >= 4 is 23.5 Å². The number of imide groups is 1. The molecule has 0 fully saturated rings. The van der Waals surface area contributed by atoms with E-state index in [2.05, 4.69) is 10.4 Å². The zero-order chi connectivity index (χ0) is 17.2. The Kier molecular flexibility index (Phi) is 3.74. The van der Waals surface area contributed by atoms with Crippen LogP contribution >= 0.6 is 0 Å². The van der Waals surface area contributed by atoms with Gasteiger partial charge < -0.3 is 0 Å². The molecule has 25 heavy (non-hydrogen) atoms. The summed E-state index contributed by atoms with van der Waals surface area (Å²) in [6, 6.07) is 17.1. The van der Waals surface area contributed by atoms with Gasteiger partial charge in [-0.25, -0.2) is 0 Å². The fourth-order valence-electron chi connectivity index (χ4n) is 2.90. The van der Waals surface area contributed by atoms with E-state index in [1.54, 1.807) is 30.5 Å². The number of nitrogens with one attached hydrogen (secondary N) is 1. The van der Waals surface area contributed by atoms with Gasteiger partial charge in [0.25, 0.3) is 11.8 Å². The first-order valence-corrected chi connectivity index (χ1v) is 7.94. The Balaban J connectivity index is 1.66. The molecule has 1 aliphatic heterocycles. The Labute approximate surface area is 144 Å². The lowest BCUT2D eigenvalue weighted by molar-refractivity contribution is -0.114. The highest BCUT2D eigenvalue weighted by molar-refractivity contribution is 6.33. The average molecular weight is 329 g/mol. The minimum absolute atomic E-state index is 0.363. The van der Waals surface area contributed by atoms with Gasteiger partial charge in [0.1, 0.15) is 0 Å². The van der Waals surface area contributed by atoms with Crippen LogP contribution in [0, 0.1) is 0 Å². The van der Waals surface area contributed by atoms with Gasteiger partial charge in [-0.1, -0.05) is 48.5 Å². The monoisotopic (exact) mass is 329 g/mol. The van der Waals surface area contributed by atoms with Crippen molar-refractivity contribution in [3.63, 3.8) is 0 Å². The molecule has 0 atom stereocenters. The SMILES string of the molecule is O=C1NC(=O)c2ccccc2/C1=C/c1cnn(Cc2ccccc2)c1. The number of carbonyl (C=O) groups is 2. The van der Waals surface area contributed by atoms with Gasteiger partial charge in [-0.15, -0.1) is 0 Å². The molecule has 4 rings (SSSR count). The molecule has 3 aromatic rings. The second-order valence-electron chi connectivity index (χ2n) is 5.84. The second kappa shape index (κ2) is 6.20. The first kappa shape index (κ1) is 15.1. The molecular weight excluding hydrogens is 314 g/mol. The van der Waals surface area contributed by atoms with E-state index in [0.29, 0.717) is 23.2 Å². The van der Waals surface area contributed by atoms with Crippen LogP contribution < -0.4 is 5.32 Å². The van der Waals surface area contributed by atoms with Crippen molar-refractivity contribution in [2.45, 2.75) is 6.54 Å². The maximum Gasteiger partial charge on any atom is 0.258 e. The zero-order valence-electron chi connectivity index (χ0n) is 13.3. The van der Waals surface area contributed by atoms with Crippen molar-refractivity contribution in [3.05, 3.63) is 89.2 Å². The van der Waals surface area contributed by atoms with E-state index in [0.717, 1.165) is 11.1 Å². The molecule has 0 bridgehead atoms. The van der Waals surface area contributed by atoms with Gasteiger partial charge in [0.05, 0.1) is 12.7 Å². The van der Waals surface area contributed by atoms with Crippen LogP contribution in [0.2, 0.25) is 0 Å². The molecule has 2 aromatic carbocycles. The highest BCUT2D eigenvalue weighted by atomic mass is 16.2. The molecular formula is C20H15N3O2. The summed E-state index contributed by atoms with van der Waals surface area (Å²) in [7, 11) is 0. The Hall–Kier alpha value is -3.47. The quantitative estimate of drug-likeness (QED) is 0.593. The van der Waals surface area contributed by atoms with Crippen molar-refractivity contribution in [1.29, 1.82) is 0 Å². The molecule has 0 spiro atoms. The molecule has 0 unspecified atom stereocenters. The molecule has 0 aliphatic carbocycles. The van der Waals surface area contributed by atoms with Gasteiger partial charge in [-0.05, 0) is 23.3 Å². The zero-order valence-corrected chi connectivity index (χ0v) is 13.3. The van der Waals surface area contributed by atoms with Crippen LogP contribution in [-0.4, -0.2) is 21.6 Å². The summed E-state index contributed by atoms with van der Waals surface area (Å²) >= 11 is 0. The van der Waals surface area contributed by atoms with E-state index in [-0.39, 0.29) is 11.8 Å². The number of fused-ring (bicyclic) bond motifs is 1. The van der Waals surface area contributed by atoms with Crippen LogP contribution in [0.1, 0.15) is 27.0 Å². The van der Waals surface area contributed by atoms with Crippen molar-refractivity contribution in [3.8, 4) is 0 Å². The van der Waals surface area contributed by atoms with E-state index in [1.165, 1.54) is 0 Å². The third kappa shape index (κ3) is 2.99. The minimum Gasteiger partial charge on any atom is -0.288 e. The Morgan fingerprint density at radius 3 is 2.44 bits per heavy atom. The molecule has 1 N–H and O–H groups in total. The fourth-order valence-corrected chi connectivity index (χ4v) is 2.90. The number of nitrogens with zero attached hydrogens (tertiary/aromatic N) is 2. The molecule has 1 aromatic heterocycles. The molecule has 2 heterocycles. The van der Waals surface area contributed by atoms with Gasteiger partial charge in [-0.3, -0.25) is 19.6 Å². The largest absolute Gasteiger partial charge is 0.288 e. The number of hydrogen-bond donors (Lipinski definition) is 1. The number of rotatable bonds is 3. The van der Waals surface area contributed by atoms with E-state index in [9.17, 15) is 9.59 Å². The summed E-state index contributed by atoms with van der Waals surface area (Å²) in [4.78, 5) is 24.2. The highest BCUT2D eigenvalue weighted by Gasteiger charge is 2.26. The molecule has 2 amide bonds. The van der Waals surface area contributed by atoms with Crippen LogP contribution in [0.4, 0.5) is 0 Å². The van der Waals surface area contributed by atoms with Crippen LogP contribution in [-0.2, 0) is 11.3 Å². The predicted octanol–water partition coefficient (Wildman–Crippen LogP) is 2.74. The lowest BCUT2D eigenvalue weighted by Crippen LogP contribution is -2.36. The molecule has 1 aliphatic rings. The van der Waals surface area contributed by atoms with E-state index in [4.69, 9.17) is 0 Å². The number of benzene rings is 2. The van der Waals surface area contributed by atoms with Gasteiger partial charge in [-0.2, -0.15) is 5.10 Å². The van der Waals surface area contributed by atoms with E-state index >= 15 is 0 Å². The number of aromatic nitrogens is 2. The third-order valence-electron chi connectivity index (χ3n) is 4.09. The van der Waals surface area contributed by atoms with Crippen LogP contribution in [0.25, 0.3) is 11.6 Å². The third-order valence-corrected chi connectivity index (χ3v) is 4.09. The maximum atomic E-state index is 12.2. The second-order valence-corrected chi connectivity index (χ2v) is 5.84. The Morgan fingerprint density at radius 2 is 1.64 bits per heavy atom. The van der Waals surface area contributed by atoms with Crippen LogP contribution in [0.3, 0.4) is 0 Å². The number of amides is 2. The smallest absolute Gasteiger partial charge is 0.258 e. The first-order valence-electron chi connectivity index (χ1n) is 7.94. The minimum atomic E-state index is -0.389. The van der Waals surface area contributed by atoms with Gasteiger partial charge in [0, 0.05) is 22.9 Å². The average Bonchev–Trinajstić information content (AvgIpc) is 3.06. The van der Waals surface area contributed by atoms with Gasteiger partial charge in [0.2, 0.25) is 0 Å². The molecule has 5 nitrogen and oxygen atoms in total. The topological polar surface area (TPSA) is 64.0 Å². The molecule has 0 saturated heterocycles. The number of hydrogen-bond acceptors (Lipinski definition) is 3. The van der Waals surface area contributed by atoms with Crippen molar-refractivity contribution in [2.75, 3.05) is 0 Å². The maximum absolute atomic E-state index is 12.2. The van der Waals surface area contributed by atoms with E-state index < -0.39 is 0 Å². The molecule has 0 radical (unpaired) electrons. The Bertz CT molecular complexity index is 987. The molecule has 5 heteroatoms. The summed E-state index contributed by atoms with van der Waals surface area (Å²) in [5.74, 6) is -0.753. The van der Waals surface area contributed by atoms with E-state index in [1.807, 2.05) is 47.3 Å². The van der Waals surface area contributed by atoms with Crippen molar-refractivity contribution in [1.82, 2.24) is 15.1 Å². The fraction of sp³-hybridized carbons (Fsp3) is 0.0500. The summed E-state index contributed by atoms with van der Waals surface area (Å²) in [6.45, 7) is 0.658. The summed E-state index contributed by atoms with van der Waals surface area (Å²) in [5.41, 5.74) is 3.58. The van der Waals surface area contributed by atoms with Crippen LogP contribution in [0.15, 0.2) is 67.0 Å². The summed E-state index contributed by atoms with van der Waals surface area (Å²) < 4.78 is 1.82. The number of carbonyl (C=O) groups excluding carboxylic acids is 2. The molecule has 122 valence electrons. The highest BCUT2D eigenvalue weighted by Crippen LogP contribution is 2.25. The van der Waals surface area contributed by atoms with Gasteiger partial charge in [0.15, 0.2) is 0 Å². The summed E-state index contributed by atoms with van der Waals surface area (Å²) in [5, 5.41) is 6.73. The van der Waals surface area contributed by atoms with Crippen LogP contribution in [0.5, 0.6) is 0 Å². The van der Waals surface area contributed by atoms with Crippen molar-refractivity contribution < 1.29 is 9.59 Å². The normalized spacial score (nSPS) is 15.1.